The van der Waals surface area contributed by atoms with Crippen molar-refractivity contribution in [2.45, 2.75) is 30.3 Å². The fourth-order valence-electron chi connectivity index (χ4n) is 4.88. The van der Waals surface area contributed by atoms with E-state index in [1.54, 1.807) is 19.4 Å². The predicted molar refractivity (Wildman–Crippen MR) is 134 cm³/mol. The molecule has 0 bridgehead atoms. The van der Waals surface area contributed by atoms with Gasteiger partial charge in [-0.3, -0.25) is 4.98 Å². The lowest BCUT2D eigenvalue weighted by molar-refractivity contribution is 0.0672. The number of thioether (sulfide) groups is 1. The molecule has 8 heteroatoms. The zero-order valence-electron chi connectivity index (χ0n) is 19.8. The van der Waals surface area contributed by atoms with Gasteiger partial charge in [0.1, 0.15) is 23.6 Å². The predicted octanol–water partition coefficient (Wildman–Crippen LogP) is 6.04. The van der Waals surface area contributed by atoms with Crippen molar-refractivity contribution in [3.05, 3.63) is 65.9 Å². The van der Waals surface area contributed by atoms with Crippen LogP contribution in [0.3, 0.4) is 0 Å². The number of likely N-dealkylation sites (tertiary alicyclic amines) is 1. The van der Waals surface area contributed by atoms with E-state index in [9.17, 15) is 13.9 Å². The summed E-state index contributed by atoms with van der Waals surface area (Å²) in [4.78, 5) is 6.90. The Morgan fingerprint density at radius 1 is 1.17 bits per heavy atom. The SMILES string of the molecule is COc1ccc2nccc([C@@H](F)CC[C@@H]3CCN(CCSc4cc(F)ccc4F)C[C@@H]3CO)c2c1. The van der Waals surface area contributed by atoms with E-state index in [1.807, 2.05) is 18.2 Å². The van der Waals surface area contributed by atoms with Crippen molar-refractivity contribution in [1.82, 2.24) is 9.88 Å². The molecule has 0 spiro atoms. The molecular weight excluding hydrogens is 473 g/mol. The molecule has 0 saturated carbocycles. The number of hydrogen-bond acceptors (Lipinski definition) is 5. The third-order valence-corrected chi connectivity index (χ3v) is 7.89. The molecule has 3 aromatic rings. The summed E-state index contributed by atoms with van der Waals surface area (Å²) in [6.45, 7) is 2.35. The number of aromatic nitrogens is 1. The van der Waals surface area contributed by atoms with Crippen LogP contribution in [-0.4, -0.2) is 54.1 Å². The normalized spacial score (nSPS) is 19.7. The maximum atomic E-state index is 15.4. The van der Waals surface area contributed by atoms with E-state index in [2.05, 4.69) is 9.88 Å². The molecule has 4 rings (SSSR count). The van der Waals surface area contributed by atoms with E-state index in [4.69, 9.17) is 4.74 Å². The lowest BCUT2D eigenvalue weighted by atomic mass is 9.81. The van der Waals surface area contributed by atoms with Crippen LogP contribution in [0.5, 0.6) is 5.75 Å². The topological polar surface area (TPSA) is 45.6 Å². The van der Waals surface area contributed by atoms with Crippen molar-refractivity contribution in [2.75, 3.05) is 39.1 Å². The number of aliphatic hydroxyl groups excluding tert-OH is 1. The quantitative estimate of drug-likeness (QED) is 0.341. The minimum absolute atomic E-state index is 0.0547. The molecule has 1 saturated heterocycles. The Hall–Kier alpha value is -2.29. The minimum Gasteiger partial charge on any atom is -0.497 e. The van der Waals surface area contributed by atoms with Gasteiger partial charge >= 0.3 is 0 Å². The summed E-state index contributed by atoms with van der Waals surface area (Å²) in [5.74, 6) is 0.759. The molecule has 1 N–H and O–H groups in total. The molecule has 2 heterocycles. The molecule has 35 heavy (non-hydrogen) atoms. The van der Waals surface area contributed by atoms with Crippen LogP contribution in [0, 0.1) is 23.5 Å². The standard InChI is InChI=1S/C27H31F3N2O2S/c1-34-21-4-7-26-23(15-21)22(8-10-31-26)24(29)5-2-18-9-11-32(16-19(18)17-33)12-13-35-27-14-20(28)3-6-25(27)30/h3-4,6-8,10,14-15,18-19,24,33H,2,5,9,11-13,16-17H2,1H3/t18-,19-,24+/m1/s1. The molecule has 4 nitrogen and oxygen atoms in total. The summed E-state index contributed by atoms with van der Waals surface area (Å²) in [6, 6.07) is 10.7. The van der Waals surface area contributed by atoms with Gasteiger partial charge in [0.05, 0.1) is 12.6 Å². The van der Waals surface area contributed by atoms with E-state index in [1.165, 1.54) is 17.8 Å². The summed E-state index contributed by atoms with van der Waals surface area (Å²) in [7, 11) is 1.59. The second-order valence-electron chi connectivity index (χ2n) is 9.04. The van der Waals surface area contributed by atoms with E-state index >= 15 is 4.39 Å². The van der Waals surface area contributed by atoms with Crippen LogP contribution >= 0.6 is 11.8 Å². The van der Waals surface area contributed by atoms with E-state index in [-0.39, 0.29) is 18.4 Å². The van der Waals surface area contributed by atoms with Crippen molar-refractivity contribution in [3.8, 4) is 5.75 Å². The number of pyridine rings is 1. The summed E-state index contributed by atoms with van der Waals surface area (Å²) < 4.78 is 47.8. The molecule has 1 aromatic heterocycles. The van der Waals surface area contributed by atoms with E-state index < -0.39 is 17.8 Å². The van der Waals surface area contributed by atoms with Crippen molar-refractivity contribution in [2.24, 2.45) is 11.8 Å². The minimum atomic E-state index is -1.12. The first-order chi connectivity index (χ1) is 17.0. The Bertz CT molecular complexity index is 1130. The van der Waals surface area contributed by atoms with Crippen LogP contribution < -0.4 is 4.74 Å². The highest BCUT2D eigenvalue weighted by Gasteiger charge is 2.29. The number of alkyl halides is 1. The Morgan fingerprint density at radius 2 is 2.03 bits per heavy atom. The highest BCUT2D eigenvalue weighted by molar-refractivity contribution is 7.99. The third-order valence-electron chi connectivity index (χ3n) is 6.88. The Labute approximate surface area is 208 Å². The first-order valence-electron chi connectivity index (χ1n) is 12.0. The number of fused-ring (bicyclic) bond motifs is 1. The summed E-state index contributed by atoms with van der Waals surface area (Å²) in [6.07, 6.45) is 2.47. The fraction of sp³-hybridized carbons (Fsp3) is 0.444. The molecule has 1 aliphatic heterocycles. The molecular formula is C27H31F3N2O2S. The second-order valence-corrected chi connectivity index (χ2v) is 10.2. The van der Waals surface area contributed by atoms with Gasteiger partial charge in [0, 0.05) is 41.9 Å². The molecule has 0 unspecified atom stereocenters. The maximum absolute atomic E-state index is 15.4. The van der Waals surface area contributed by atoms with E-state index in [0.717, 1.165) is 49.1 Å². The van der Waals surface area contributed by atoms with E-state index in [0.29, 0.717) is 34.8 Å². The van der Waals surface area contributed by atoms with Gasteiger partial charge in [-0.15, -0.1) is 11.8 Å². The first kappa shape index (κ1) is 25.8. The van der Waals surface area contributed by atoms with Gasteiger partial charge in [-0.25, -0.2) is 13.2 Å². The lowest BCUT2D eigenvalue weighted by Gasteiger charge is -2.38. The van der Waals surface area contributed by atoms with Crippen molar-refractivity contribution < 1.29 is 23.0 Å². The van der Waals surface area contributed by atoms with Gasteiger partial charge in [-0.05, 0) is 85.7 Å². The van der Waals surface area contributed by atoms with Gasteiger partial charge in [-0.1, -0.05) is 0 Å². The van der Waals surface area contributed by atoms with Crippen LogP contribution in [0.4, 0.5) is 13.2 Å². The summed E-state index contributed by atoms with van der Waals surface area (Å²) in [5, 5.41) is 10.8. The average Bonchev–Trinajstić information content (AvgIpc) is 2.88. The highest BCUT2D eigenvalue weighted by atomic mass is 32.2. The molecule has 0 amide bonds. The molecule has 0 aliphatic carbocycles. The van der Waals surface area contributed by atoms with Crippen molar-refractivity contribution in [3.63, 3.8) is 0 Å². The number of benzene rings is 2. The van der Waals surface area contributed by atoms with Gasteiger partial charge in [0.25, 0.3) is 0 Å². The number of rotatable bonds is 10. The lowest BCUT2D eigenvalue weighted by Crippen LogP contribution is -2.43. The number of piperidine rings is 1. The number of nitrogens with zero attached hydrogens (tertiary/aromatic N) is 2. The van der Waals surface area contributed by atoms with Gasteiger partial charge in [0.15, 0.2) is 0 Å². The van der Waals surface area contributed by atoms with Gasteiger partial charge < -0.3 is 14.7 Å². The summed E-state index contributed by atoms with van der Waals surface area (Å²) in [5.41, 5.74) is 1.36. The Morgan fingerprint density at radius 3 is 2.83 bits per heavy atom. The molecule has 1 aliphatic rings. The van der Waals surface area contributed by atoms with Gasteiger partial charge in [0.2, 0.25) is 0 Å². The first-order valence-corrected chi connectivity index (χ1v) is 12.9. The van der Waals surface area contributed by atoms with Crippen LogP contribution in [0.15, 0.2) is 53.6 Å². The Balaban J connectivity index is 1.30. The maximum Gasteiger partial charge on any atom is 0.136 e. The monoisotopic (exact) mass is 504 g/mol. The molecule has 1 fully saturated rings. The third kappa shape index (κ3) is 6.48. The zero-order chi connectivity index (χ0) is 24.8. The largest absolute Gasteiger partial charge is 0.497 e. The summed E-state index contributed by atoms with van der Waals surface area (Å²) >= 11 is 1.30. The van der Waals surface area contributed by atoms with Crippen molar-refractivity contribution >= 4 is 22.7 Å². The second kappa shape index (κ2) is 12.1. The molecule has 0 radical (unpaired) electrons. The van der Waals surface area contributed by atoms with Crippen molar-refractivity contribution in [1.29, 1.82) is 0 Å². The number of halogens is 3. The number of ether oxygens (including phenoxy) is 1. The van der Waals surface area contributed by atoms with Crippen LogP contribution in [-0.2, 0) is 0 Å². The van der Waals surface area contributed by atoms with Gasteiger partial charge in [-0.2, -0.15) is 0 Å². The smallest absolute Gasteiger partial charge is 0.136 e. The highest BCUT2D eigenvalue weighted by Crippen LogP contribution is 2.35. The molecule has 2 aromatic carbocycles. The fourth-order valence-corrected chi connectivity index (χ4v) is 5.85. The zero-order valence-corrected chi connectivity index (χ0v) is 20.6. The average molecular weight is 505 g/mol. The molecule has 188 valence electrons. The molecule has 3 atom stereocenters. The van der Waals surface area contributed by atoms with Crippen LogP contribution in [0.2, 0.25) is 0 Å². The number of aliphatic hydroxyl groups is 1. The van der Waals surface area contributed by atoms with Crippen LogP contribution in [0.25, 0.3) is 10.9 Å². The number of methoxy groups -OCH3 is 1. The number of hydrogen-bond donors (Lipinski definition) is 1. The van der Waals surface area contributed by atoms with Crippen LogP contribution in [0.1, 0.15) is 31.0 Å². The Kier molecular flexibility index (Phi) is 8.92.